The SMILES string of the molecule is CC[C@@]12C=C(c3nc4c(o3)C(c3cccc5c3c3c6n5C(c5nc(C)c(N7CCOCC7)o5)=C[C@]5(CC)CCCN(CC3)[C@H]65)COC4)n3c4c(c5ccccc53)CCN(CCC1)[C@H]42. The van der Waals surface area contributed by atoms with Crippen LogP contribution in [0.15, 0.2) is 63.5 Å². The van der Waals surface area contributed by atoms with E-state index < -0.39 is 0 Å². The highest BCUT2D eigenvalue weighted by Crippen LogP contribution is 2.60. The maximum atomic E-state index is 7.30. The molecule has 63 heavy (non-hydrogen) atoms. The number of fused-ring (bicyclic) bond motifs is 7. The summed E-state index contributed by atoms with van der Waals surface area (Å²) in [6.07, 6.45) is 14.1. The molecule has 324 valence electrons. The number of aromatic nitrogens is 4. The van der Waals surface area contributed by atoms with Gasteiger partial charge in [-0.05, 0) is 112 Å². The highest BCUT2D eigenvalue weighted by atomic mass is 16.5. The average molecular weight is 844 g/mol. The van der Waals surface area contributed by atoms with Crippen LogP contribution in [0.2, 0.25) is 0 Å². The lowest BCUT2D eigenvalue weighted by molar-refractivity contribution is 0.0269. The highest BCUT2D eigenvalue weighted by Gasteiger charge is 2.53. The average Bonchev–Trinajstić information content (AvgIpc) is 4.12. The third-order valence-electron chi connectivity index (χ3n) is 17.1. The molecular formula is C52H57N7O4. The normalized spacial score (nSPS) is 28.8. The van der Waals surface area contributed by atoms with Crippen molar-refractivity contribution in [1.82, 2.24) is 28.9 Å². The molecule has 3 saturated heterocycles. The summed E-state index contributed by atoms with van der Waals surface area (Å²) >= 11 is 0. The first-order valence-corrected chi connectivity index (χ1v) is 24.1. The van der Waals surface area contributed by atoms with Gasteiger partial charge in [-0.3, -0.25) is 9.80 Å². The Morgan fingerprint density at radius 1 is 0.698 bits per heavy atom. The molecule has 11 nitrogen and oxygen atoms in total. The number of hydrogen-bond acceptors (Lipinski definition) is 9. The Morgan fingerprint density at radius 3 is 2.11 bits per heavy atom. The summed E-state index contributed by atoms with van der Waals surface area (Å²) in [6.45, 7) is 15.4. The zero-order valence-corrected chi connectivity index (χ0v) is 36.9. The van der Waals surface area contributed by atoms with Crippen LogP contribution in [0.4, 0.5) is 5.88 Å². The molecular weight excluding hydrogens is 787 g/mol. The van der Waals surface area contributed by atoms with Gasteiger partial charge in [0, 0.05) is 59.2 Å². The lowest BCUT2D eigenvalue weighted by Crippen LogP contribution is -2.50. The third kappa shape index (κ3) is 5.00. The number of hydrogen-bond donors (Lipinski definition) is 0. The fraction of sp³-hybridized carbons (Fsp3) is 0.500. The first kappa shape index (κ1) is 37.4. The van der Waals surface area contributed by atoms with Gasteiger partial charge in [-0.25, -0.2) is 9.97 Å². The van der Waals surface area contributed by atoms with Crippen molar-refractivity contribution in [2.24, 2.45) is 10.8 Å². The van der Waals surface area contributed by atoms with Crippen LogP contribution in [0, 0.1) is 17.8 Å². The second kappa shape index (κ2) is 13.5. The molecule has 0 amide bonds. The van der Waals surface area contributed by atoms with Crippen molar-refractivity contribution in [3.05, 3.63) is 112 Å². The number of ether oxygens (including phenoxy) is 2. The standard InChI is InChI=1S/C52H57N7O4/c1-4-51-17-9-19-55-21-15-34-32-11-6-7-13-38(32)58(43(34)46(51)55)41(28-51)49-54-37-30-61-29-36(45(37)62-49)33-12-8-14-39-42(33)35-16-22-56-20-10-18-52(5-2)27-40(59(39)44(35)47(52)56)48-53-31(3)50(63-48)57-23-25-60-26-24-57/h6-8,11-14,27-28,36,46-47H,4-5,9-10,15-26,29-30H2,1-3H3/t36?,46-,47-,51+,52+/m1/s1. The van der Waals surface area contributed by atoms with Crippen molar-refractivity contribution in [2.75, 3.05) is 64.0 Å². The summed E-state index contributed by atoms with van der Waals surface area (Å²) in [5.41, 5.74) is 13.7. The van der Waals surface area contributed by atoms with E-state index in [-0.39, 0.29) is 16.7 Å². The number of para-hydroxylation sites is 1. The number of rotatable bonds is 6. The van der Waals surface area contributed by atoms with Crippen molar-refractivity contribution in [1.29, 1.82) is 0 Å². The van der Waals surface area contributed by atoms with Gasteiger partial charge in [0.05, 0.1) is 55.5 Å². The Labute approximate surface area is 368 Å². The van der Waals surface area contributed by atoms with Crippen molar-refractivity contribution in [3.8, 4) is 0 Å². The van der Waals surface area contributed by atoms with E-state index in [0.29, 0.717) is 44.4 Å². The zero-order valence-electron chi connectivity index (χ0n) is 36.9. The van der Waals surface area contributed by atoms with Gasteiger partial charge in [-0.1, -0.05) is 44.2 Å². The van der Waals surface area contributed by atoms with E-state index in [2.05, 4.69) is 99.2 Å². The van der Waals surface area contributed by atoms with E-state index in [1.54, 1.807) is 0 Å². The fourth-order valence-corrected chi connectivity index (χ4v) is 14.3. The second-order valence-electron chi connectivity index (χ2n) is 19.9. The van der Waals surface area contributed by atoms with Crippen LogP contribution in [0.5, 0.6) is 0 Å². The van der Waals surface area contributed by atoms with Crippen LogP contribution in [0.25, 0.3) is 33.2 Å². The minimum atomic E-state index is -0.0957. The Balaban J connectivity index is 0.941. The molecule has 12 heterocycles. The topological polar surface area (TPSA) is 90.1 Å². The lowest BCUT2D eigenvalue weighted by Gasteiger charge is -2.53. The summed E-state index contributed by atoms with van der Waals surface area (Å²) in [7, 11) is 0. The smallest absolute Gasteiger partial charge is 0.245 e. The van der Waals surface area contributed by atoms with Gasteiger partial charge >= 0.3 is 0 Å². The quantitative estimate of drug-likeness (QED) is 0.163. The highest BCUT2D eigenvalue weighted by molar-refractivity contribution is 5.95. The Kier molecular flexibility index (Phi) is 8.05. The van der Waals surface area contributed by atoms with E-state index in [4.69, 9.17) is 28.3 Å². The van der Waals surface area contributed by atoms with E-state index in [9.17, 15) is 0 Å². The molecule has 6 aromatic rings. The maximum absolute atomic E-state index is 7.30. The predicted octanol–water partition coefficient (Wildman–Crippen LogP) is 9.36. The molecule has 8 aliphatic rings. The Hall–Kier alpha value is -4.94. The molecule has 2 aromatic carbocycles. The first-order valence-electron chi connectivity index (χ1n) is 24.1. The van der Waals surface area contributed by atoms with Gasteiger partial charge < -0.3 is 32.3 Å². The van der Waals surface area contributed by atoms with Crippen molar-refractivity contribution < 1.29 is 18.3 Å². The van der Waals surface area contributed by atoms with Crippen LogP contribution in [-0.2, 0) is 28.9 Å². The largest absolute Gasteiger partial charge is 0.439 e. The summed E-state index contributed by atoms with van der Waals surface area (Å²) in [5, 5.41) is 2.71. The Morgan fingerprint density at radius 2 is 1.37 bits per heavy atom. The van der Waals surface area contributed by atoms with Gasteiger partial charge in [-0.15, -0.1) is 0 Å². The van der Waals surface area contributed by atoms with Crippen molar-refractivity contribution >= 4 is 39.1 Å². The third-order valence-corrected chi connectivity index (χ3v) is 17.1. The van der Waals surface area contributed by atoms with Crippen LogP contribution >= 0.6 is 0 Å². The molecule has 14 rings (SSSR count). The van der Waals surface area contributed by atoms with Crippen molar-refractivity contribution in [2.45, 2.75) is 96.7 Å². The molecule has 4 aromatic heterocycles. The number of nitrogens with zero attached hydrogens (tertiary/aromatic N) is 7. The van der Waals surface area contributed by atoms with Gasteiger partial charge in [0.15, 0.2) is 0 Å². The lowest BCUT2D eigenvalue weighted by atomic mass is 9.66. The molecule has 5 atom stereocenters. The number of morpholine rings is 1. The van der Waals surface area contributed by atoms with Crippen LogP contribution in [0.1, 0.15) is 127 Å². The molecule has 8 aliphatic heterocycles. The number of oxazole rings is 2. The molecule has 0 bridgehead atoms. The summed E-state index contributed by atoms with van der Waals surface area (Å²) in [4.78, 5) is 18.5. The molecule has 1 unspecified atom stereocenters. The molecule has 3 fully saturated rings. The van der Waals surface area contributed by atoms with Gasteiger partial charge in [-0.2, -0.15) is 0 Å². The van der Waals surface area contributed by atoms with E-state index in [1.165, 1.54) is 75.7 Å². The van der Waals surface area contributed by atoms with Crippen LogP contribution in [0.3, 0.4) is 0 Å². The maximum Gasteiger partial charge on any atom is 0.245 e. The summed E-state index contributed by atoms with van der Waals surface area (Å²) < 4.78 is 31.6. The van der Waals surface area contributed by atoms with Crippen molar-refractivity contribution in [3.63, 3.8) is 0 Å². The Bertz CT molecular complexity index is 2940. The van der Waals surface area contributed by atoms with E-state index >= 15 is 0 Å². The number of benzene rings is 2. The van der Waals surface area contributed by atoms with E-state index in [1.807, 2.05) is 0 Å². The summed E-state index contributed by atoms with van der Waals surface area (Å²) in [5.74, 6) is 3.17. The summed E-state index contributed by atoms with van der Waals surface area (Å²) in [6, 6.07) is 16.6. The minimum Gasteiger partial charge on any atom is -0.439 e. The van der Waals surface area contributed by atoms with E-state index in [0.717, 1.165) is 105 Å². The van der Waals surface area contributed by atoms with Gasteiger partial charge in [0.25, 0.3) is 0 Å². The molecule has 0 N–H and O–H groups in total. The number of aryl methyl sites for hydroxylation is 1. The first-order chi connectivity index (χ1) is 31.0. The predicted molar refractivity (Wildman–Crippen MR) is 243 cm³/mol. The fourth-order valence-electron chi connectivity index (χ4n) is 14.3. The van der Waals surface area contributed by atoms with Crippen LogP contribution < -0.4 is 4.90 Å². The number of piperidine rings is 2. The molecule has 0 aliphatic carbocycles. The molecule has 0 saturated carbocycles. The number of anilines is 1. The monoisotopic (exact) mass is 843 g/mol. The van der Waals surface area contributed by atoms with Crippen LogP contribution in [-0.4, -0.2) is 88.0 Å². The second-order valence-corrected chi connectivity index (χ2v) is 19.9. The molecule has 0 radical (unpaired) electrons. The minimum absolute atomic E-state index is 0.00444. The zero-order chi connectivity index (χ0) is 41.8. The molecule has 11 heteroatoms. The van der Waals surface area contributed by atoms with Gasteiger partial charge in [0.2, 0.25) is 17.7 Å². The molecule has 0 spiro atoms. The van der Waals surface area contributed by atoms with Gasteiger partial charge in [0.1, 0.15) is 28.5 Å².